The second-order valence-corrected chi connectivity index (χ2v) is 5.62. The molecule has 2 aromatic rings. The number of aliphatic hydroxyl groups is 2. The second-order valence-electron chi connectivity index (χ2n) is 4.79. The van der Waals surface area contributed by atoms with E-state index < -0.39 is 24.5 Å². The summed E-state index contributed by atoms with van der Waals surface area (Å²) in [5.74, 6) is 3.46. The largest absolute Gasteiger partial charge is 0.387 e. The molecule has 2 aromatic heterocycles. The fourth-order valence-electron chi connectivity index (χ4n) is 2.35. The maximum Gasteiger partial charge on any atom is 0.167 e. The molecule has 1 saturated heterocycles. The first-order chi connectivity index (χ1) is 10.6. The van der Waals surface area contributed by atoms with Crippen LogP contribution in [-0.2, 0) is 4.74 Å². The van der Waals surface area contributed by atoms with E-state index in [1.807, 2.05) is 0 Å². The molecule has 0 radical (unpaired) electrons. The van der Waals surface area contributed by atoms with Gasteiger partial charge in [0, 0.05) is 5.75 Å². The molecule has 8 nitrogen and oxygen atoms in total. The summed E-state index contributed by atoms with van der Waals surface area (Å²) in [6, 6.07) is 0. The van der Waals surface area contributed by atoms with E-state index in [1.54, 1.807) is 11.5 Å². The highest BCUT2D eigenvalue weighted by Crippen LogP contribution is 2.33. The molecule has 22 heavy (non-hydrogen) atoms. The fourth-order valence-corrected chi connectivity index (χ4v) is 3.02. The lowest BCUT2D eigenvalue weighted by atomic mass is 10.1. The van der Waals surface area contributed by atoms with Crippen molar-refractivity contribution >= 4 is 28.7 Å². The molecule has 0 bridgehead atoms. The molecule has 0 aromatic carbocycles. The molecule has 4 N–H and O–H groups in total. The van der Waals surface area contributed by atoms with Crippen LogP contribution in [0.5, 0.6) is 0 Å². The molecule has 1 aliphatic heterocycles. The van der Waals surface area contributed by atoms with Crippen molar-refractivity contribution in [2.75, 3.05) is 11.5 Å². The first-order valence-electron chi connectivity index (χ1n) is 6.61. The van der Waals surface area contributed by atoms with Crippen molar-refractivity contribution in [3.63, 3.8) is 0 Å². The van der Waals surface area contributed by atoms with Gasteiger partial charge in [0.1, 0.15) is 24.1 Å². The minimum absolute atomic E-state index is 0.252. The smallest absolute Gasteiger partial charge is 0.167 e. The Kier molecular flexibility index (Phi) is 4.17. The predicted molar refractivity (Wildman–Crippen MR) is 81.6 cm³/mol. The van der Waals surface area contributed by atoms with Gasteiger partial charge in [0.05, 0.1) is 12.4 Å². The molecule has 0 aliphatic carbocycles. The highest BCUT2D eigenvalue weighted by molar-refractivity contribution is 8.03. The summed E-state index contributed by atoms with van der Waals surface area (Å²) in [5, 5.41) is 23.2. The number of nitrogens with two attached hydrogens (primary N) is 1. The Hall–Kier alpha value is -1.86. The fraction of sp³-hybridized carbons (Fsp3) is 0.462. The maximum absolute atomic E-state index is 10.2. The first-order valence-corrected chi connectivity index (χ1v) is 7.60. The van der Waals surface area contributed by atoms with Crippen molar-refractivity contribution in [2.24, 2.45) is 0 Å². The summed E-state index contributed by atoms with van der Waals surface area (Å²) in [5.41, 5.74) is 6.62. The minimum Gasteiger partial charge on any atom is -0.387 e. The zero-order valence-electron chi connectivity index (χ0n) is 11.7. The zero-order chi connectivity index (χ0) is 15.7. The standard InChI is InChI=1S/C13H15N5O3S/c1-2-3-22-4-7-9(19)10(20)13(21-7)18-6-17-8-11(14)15-5-16-12(8)18/h5-7,9-10,13,19-20H,4H2,1H3,(H2,14,15,16)/t7-,9-,10-,13?/m1/s1. The molecular weight excluding hydrogens is 306 g/mol. The van der Waals surface area contributed by atoms with E-state index in [1.165, 1.54) is 24.4 Å². The van der Waals surface area contributed by atoms with Crippen LogP contribution in [0, 0.1) is 11.2 Å². The number of thioether (sulfide) groups is 1. The van der Waals surface area contributed by atoms with E-state index in [0.717, 1.165) is 0 Å². The Morgan fingerprint density at radius 3 is 2.95 bits per heavy atom. The van der Waals surface area contributed by atoms with Gasteiger partial charge in [-0.05, 0) is 12.2 Å². The lowest BCUT2D eigenvalue weighted by Gasteiger charge is -2.16. The van der Waals surface area contributed by atoms with E-state index in [9.17, 15) is 10.2 Å². The van der Waals surface area contributed by atoms with Crippen molar-refractivity contribution in [3.8, 4) is 11.2 Å². The third-order valence-corrected chi connectivity index (χ3v) is 4.26. The van der Waals surface area contributed by atoms with Crippen LogP contribution < -0.4 is 5.73 Å². The summed E-state index contributed by atoms with van der Waals surface area (Å²) < 4.78 is 7.31. The van der Waals surface area contributed by atoms with E-state index in [-0.39, 0.29) is 5.82 Å². The Labute approximate surface area is 130 Å². The van der Waals surface area contributed by atoms with Crippen molar-refractivity contribution in [1.82, 2.24) is 19.5 Å². The van der Waals surface area contributed by atoms with Gasteiger partial charge in [-0.2, -0.15) is 0 Å². The maximum atomic E-state index is 10.2. The van der Waals surface area contributed by atoms with Crippen molar-refractivity contribution in [3.05, 3.63) is 12.7 Å². The average molecular weight is 321 g/mol. The summed E-state index contributed by atoms with van der Waals surface area (Å²) in [6.45, 7) is 1.73. The summed E-state index contributed by atoms with van der Waals surface area (Å²) >= 11 is 1.33. The molecule has 9 heteroatoms. The van der Waals surface area contributed by atoms with Gasteiger partial charge in [-0.15, -0.1) is 0 Å². The molecule has 0 spiro atoms. The number of ether oxygens (including phenoxy) is 1. The van der Waals surface area contributed by atoms with Crippen LogP contribution in [0.1, 0.15) is 13.2 Å². The number of nitrogens with zero attached hydrogens (tertiary/aromatic N) is 4. The number of aromatic nitrogens is 4. The third-order valence-electron chi connectivity index (χ3n) is 3.42. The average Bonchev–Trinajstić information content (AvgIpc) is 3.05. The molecule has 0 amide bonds. The van der Waals surface area contributed by atoms with Crippen LogP contribution >= 0.6 is 11.8 Å². The molecule has 116 valence electrons. The predicted octanol–water partition coefficient (Wildman–Crippen LogP) is -0.258. The Bertz CT molecular complexity index is 740. The molecule has 4 atom stereocenters. The van der Waals surface area contributed by atoms with E-state index in [0.29, 0.717) is 16.9 Å². The van der Waals surface area contributed by atoms with Crippen LogP contribution in [0.25, 0.3) is 11.2 Å². The topological polar surface area (TPSA) is 119 Å². The Morgan fingerprint density at radius 2 is 2.18 bits per heavy atom. The van der Waals surface area contributed by atoms with Gasteiger partial charge in [-0.3, -0.25) is 4.57 Å². The number of hydrogen-bond donors (Lipinski definition) is 3. The summed E-state index contributed by atoms with van der Waals surface area (Å²) in [6.07, 6.45) is -0.617. The normalized spacial score (nSPS) is 27.8. The van der Waals surface area contributed by atoms with Crippen LogP contribution in [0.2, 0.25) is 0 Å². The third kappa shape index (κ3) is 2.50. The lowest BCUT2D eigenvalue weighted by Crippen LogP contribution is -2.32. The monoisotopic (exact) mass is 321 g/mol. The molecule has 3 rings (SSSR count). The van der Waals surface area contributed by atoms with Crippen LogP contribution in [-0.4, -0.2) is 53.8 Å². The lowest BCUT2D eigenvalue weighted by molar-refractivity contribution is -0.0288. The minimum atomic E-state index is -1.09. The van der Waals surface area contributed by atoms with Crippen LogP contribution in [0.3, 0.4) is 0 Å². The van der Waals surface area contributed by atoms with E-state index >= 15 is 0 Å². The number of rotatable bonds is 3. The van der Waals surface area contributed by atoms with Crippen LogP contribution in [0.15, 0.2) is 12.7 Å². The number of imidazole rings is 1. The molecular formula is C13H15N5O3S. The molecule has 3 heterocycles. The van der Waals surface area contributed by atoms with Gasteiger partial charge in [0.25, 0.3) is 0 Å². The van der Waals surface area contributed by atoms with Crippen molar-refractivity contribution in [2.45, 2.75) is 31.5 Å². The van der Waals surface area contributed by atoms with Crippen molar-refractivity contribution < 1.29 is 14.9 Å². The first kappa shape index (κ1) is 15.1. The number of nitrogen functional groups attached to an aromatic ring is 1. The van der Waals surface area contributed by atoms with E-state index in [2.05, 4.69) is 26.1 Å². The Morgan fingerprint density at radius 1 is 1.36 bits per heavy atom. The summed E-state index contributed by atoms with van der Waals surface area (Å²) in [4.78, 5) is 12.1. The molecule has 1 unspecified atom stereocenters. The number of anilines is 1. The van der Waals surface area contributed by atoms with E-state index in [4.69, 9.17) is 10.5 Å². The number of aliphatic hydroxyl groups excluding tert-OH is 2. The quantitative estimate of drug-likeness (QED) is 0.662. The van der Waals surface area contributed by atoms with Crippen LogP contribution in [0.4, 0.5) is 5.82 Å². The Balaban J connectivity index is 1.87. The van der Waals surface area contributed by atoms with Gasteiger partial charge in [0.15, 0.2) is 17.7 Å². The number of fused-ring (bicyclic) bond motifs is 1. The highest BCUT2D eigenvalue weighted by Gasteiger charge is 2.44. The highest BCUT2D eigenvalue weighted by atomic mass is 32.2. The SMILES string of the molecule is CC#CSC[C@H]1OC(n2cnc3c(N)ncnc32)[C@H](O)[C@@H]1O. The second kappa shape index (κ2) is 6.10. The number of hydrogen-bond acceptors (Lipinski definition) is 8. The van der Waals surface area contributed by atoms with Gasteiger partial charge in [0.2, 0.25) is 0 Å². The molecule has 1 aliphatic rings. The van der Waals surface area contributed by atoms with Gasteiger partial charge in [-0.25, -0.2) is 15.0 Å². The molecule has 1 fully saturated rings. The van der Waals surface area contributed by atoms with Gasteiger partial charge in [-0.1, -0.05) is 17.7 Å². The van der Waals surface area contributed by atoms with Gasteiger partial charge >= 0.3 is 0 Å². The zero-order valence-corrected chi connectivity index (χ0v) is 12.6. The van der Waals surface area contributed by atoms with Crippen molar-refractivity contribution in [1.29, 1.82) is 0 Å². The molecule has 0 saturated carbocycles. The summed E-state index contributed by atoms with van der Waals surface area (Å²) in [7, 11) is 0. The van der Waals surface area contributed by atoms with Gasteiger partial charge < -0.3 is 20.7 Å².